The SMILES string of the molecule is Cc1ccc(F)c2ncc(C(=O)O)n12. The smallest absolute Gasteiger partial charge is 0.354 e. The maximum atomic E-state index is 13.2. The number of imidazole rings is 1. The predicted molar refractivity (Wildman–Crippen MR) is 46.8 cm³/mol. The molecule has 0 saturated carbocycles. The number of aromatic nitrogens is 2. The molecule has 0 aromatic carbocycles. The van der Waals surface area contributed by atoms with Gasteiger partial charge in [0, 0.05) is 5.69 Å². The minimum absolute atomic E-state index is 0.0306. The van der Waals surface area contributed by atoms with Crippen molar-refractivity contribution in [3.05, 3.63) is 35.5 Å². The summed E-state index contributed by atoms with van der Waals surface area (Å²) in [6.07, 6.45) is 1.15. The third kappa shape index (κ3) is 1.06. The molecule has 14 heavy (non-hydrogen) atoms. The molecule has 0 spiro atoms. The molecule has 2 rings (SSSR count). The van der Waals surface area contributed by atoms with Crippen LogP contribution in [0.25, 0.3) is 5.65 Å². The first-order chi connectivity index (χ1) is 6.61. The minimum Gasteiger partial charge on any atom is -0.477 e. The van der Waals surface area contributed by atoms with Crippen molar-refractivity contribution in [1.82, 2.24) is 9.38 Å². The van der Waals surface area contributed by atoms with Crippen molar-refractivity contribution in [2.45, 2.75) is 6.92 Å². The van der Waals surface area contributed by atoms with Crippen molar-refractivity contribution in [3.8, 4) is 0 Å². The fraction of sp³-hybridized carbons (Fsp3) is 0.111. The summed E-state index contributed by atoms with van der Waals surface area (Å²) in [7, 11) is 0. The van der Waals surface area contributed by atoms with Crippen LogP contribution < -0.4 is 0 Å². The Bertz CT molecular complexity index is 519. The second-order valence-electron chi connectivity index (χ2n) is 2.93. The van der Waals surface area contributed by atoms with Gasteiger partial charge < -0.3 is 5.11 Å². The van der Waals surface area contributed by atoms with Gasteiger partial charge in [0.15, 0.2) is 17.2 Å². The van der Waals surface area contributed by atoms with E-state index in [1.165, 1.54) is 16.5 Å². The zero-order chi connectivity index (χ0) is 10.3. The van der Waals surface area contributed by atoms with Gasteiger partial charge in [-0.3, -0.25) is 4.40 Å². The molecule has 4 nitrogen and oxygen atoms in total. The van der Waals surface area contributed by atoms with Crippen LogP contribution in [0, 0.1) is 12.7 Å². The summed E-state index contributed by atoms with van der Waals surface area (Å²) in [6.45, 7) is 1.69. The van der Waals surface area contributed by atoms with Gasteiger partial charge in [-0.25, -0.2) is 14.2 Å². The van der Waals surface area contributed by atoms with E-state index in [4.69, 9.17) is 5.11 Å². The Labute approximate surface area is 78.6 Å². The van der Waals surface area contributed by atoms with Crippen LogP contribution in [-0.4, -0.2) is 20.5 Å². The summed E-state index contributed by atoms with van der Waals surface area (Å²) in [5.74, 6) is -1.64. The number of carboxylic acids is 1. The minimum atomic E-state index is -1.12. The number of aromatic carboxylic acids is 1. The number of nitrogens with zero attached hydrogens (tertiary/aromatic N) is 2. The molecule has 0 amide bonds. The lowest BCUT2D eigenvalue weighted by atomic mass is 10.3. The van der Waals surface area contributed by atoms with Gasteiger partial charge in [-0.05, 0) is 19.1 Å². The molecule has 0 aliphatic rings. The highest BCUT2D eigenvalue weighted by Crippen LogP contribution is 2.13. The lowest BCUT2D eigenvalue weighted by molar-refractivity contribution is 0.0689. The maximum absolute atomic E-state index is 13.2. The number of carboxylic acid groups (broad SMARTS) is 1. The van der Waals surface area contributed by atoms with E-state index in [1.54, 1.807) is 6.92 Å². The topological polar surface area (TPSA) is 54.6 Å². The molecule has 2 aromatic heterocycles. The van der Waals surface area contributed by atoms with Crippen LogP contribution in [0.1, 0.15) is 16.2 Å². The van der Waals surface area contributed by atoms with Crippen molar-refractivity contribution < 1.29 is 14.3 Å². The molecule has 0 atom stereocenters. The third-order valence-electron chi connectivity index (χ3n) is 2.02. The first-order valence-electron chi connectivity index (χ1n) is 3.97. The highest BCUT2D eigenvalue weighted by atomic mass is 19.1. The van der Waals surface area contributed by atoms with Gasteiger partial charge in [0.25, 0.3) is 0 Å². The van der Waals surface area contributed by atoms with Crippen molar-refractivity contribution in [2.75, 3.05) is 0 Å². The molecule has 0 fully saturated rings. The number of aryl methyl sites for hydroxylation is 1. The van der Waals surface area contributed by atoms with Crippen molar-refractivity contribution in [2.24, 2.45) is 0 Å². The number of fused-ring (bicyclic) bond motifs is 1. The Morgan fingerprint density at radius 2 is 2.29 bits per heavy atom. The summed E-state index contributed by atoms with van der Waals surface area (Å²) in [5, 5.41) is 8.80. The van der Waals surface area contributed by atoms with E-state index in [0.29, 0.717) is 5.69 Å². The van der Waals surface area contributed by atoms with E-state index in [2.05, 4.69) is 4.98 Å². The van der Waals surface area contributed by atoms with E-state index in [1.807, 2.05) is 0 Å². The van der Waals surface area contributed by atoms with E-state index < -0.39 is 11.8 Å². The molecule has 1 N–H and O–H groups in total. The first-order valence-corrected chi connectivity index (χ1v) is 3.97. The number of rotatable bonds is 1. The normalized spacial score (nSPS) is 10.7. The van der Waals surface area contributed by atoms with E-state index in [-0.39, 0.29) is 11.3 Å². The average Bonchev–Trinajstić information content (AvgIpc) is 2.56. The second-order valence-corrected chi connectivity index (χ2v) is 2.93. The van der Waals surface area contributed by atoms with Crippen LogP contribution in [0.5, 0.6) is 0 Å². The molecule has 0 saturated heterocycles. The van der Waals surface area contributed by atoms with Gasteiger partial charge in [0.1, 0.15) is 0 Å². The molecule has 5 heteroatoms. The summed E-state index contributed by atoms with van der Waals surface area (Å²) < 4.78 is 14.4. The number of pyridine rings is 1. The van der Waals surface area contributed by atoms with Crippen molar-refractivity contribution in [3.63, 3.8) is 0 Å². The van der Waals surface area contributed by atoms with Crippen LogP contribution in [0.3, 0.4) is 0 Å². The van der Waals surface area contributed by atoms with Crippen molar-refractivity contribution >= 4 is 11.6 Å². The van der Waals surface area contributed by atoms with Crippen LogP contribution >= 0.6 is 0 Å². The van der Waals surface area contributed by atoms with E-state index >= 15 is 0 Å². The van der Waals surface area contributed by atoms with Gasteiger partial charge in [0.05, 0.1) is 6.20 Å². The molecule has 0 unspecified atom stereocenters. The van der Waals surface area contributed by atoms with Gasteiger partial charge >= 0.3 is 5.97 Å². The number of hydrogen-bond donors (Lipinski definition) is 1. The molecule has 2 aromatic rings. The quantitative estimate of drug-likeness (QED) is 0.748. The summed E-state index contributed by atoms with van der Waals surface area (Å²) in [5.41, 5.74) is 0.649. The fourth-order valence-corrected chi connectivity index (χ4v) is 1.37. The molecule has 0 bridgehead atoms. The lowest BCUT2D eigenvalue weighted by Gasteiger charge is -2.01. The Balaban J connectivity index is 2.90. The molecule has 2 heterocycles. The fourth-order valence-electron chi connectivity index (χ4n) is 1.37. The van der Waals surface area contributed by atoms with Crippen molar-refractivity contribution in [1.29, 1.82) is 0 Å². The largest absolute Gasteiger partial charge is 0.477 e. The zero-order valence-electron chi connectivity index (χ0n) is 7.36. The average molecular weight is 194 g/mol. The predicted octanol–water partition coefficient (Wildman–Crippen LogP) is 1.48. The zero-order valence-corrected chi connectivity index (χ0v) is 7.36. The molecule has 0 radical (unpaired) electrons. The maximum Gasteiger partial charge on any atom is 0.354 e. The van der Waals surface area contributed by atoms with E-state index in [0.717, 1.165) is 6.20 Å². The number of hydrogen-bond acceptors (Lipinski definition) is 2. The second kappa shape index (κ2) is 2.80. The molecular weight excluding hydrogens is 187 g/mol. The summed E-state index contributed by atoms with van der Waals surface area (Å²) >= 11 is 0. The molecule has 0 aliphatic heterocycles. The van der Waals surface area contributed by atoms with Gasteiger partial charge in [0.2, 0.25) is 0 Å². The summed E-state index contributed by atoms with van der Waals surface area (Å²) in [4.78, 5) is 14.5. The first kappa shape index (κ1) is 8.68. The van der Waals surface area contributed by atoms with Gasteiger partial charge in [-0.1, -0.05) is 0 Å². The Kier molecular flexibility index (Phi) is 1.73. The lowest BCUT2D eigenvalue weighted by Crippen LogP contribution is -2.04. The molecular formula is C9H7FN2O2. The monoisotopic (exact) mass is 194 g/mol. The molecule has 72 valence electrons. The highest BCUT2D eigenvalue weighted by Gasteiger charge is 2.14. The van der Waals surface area contributed by atoms with Crippen LogP contribution in [0.15, 0.2) is 18.3 Å². The number of halogens is 1. The van der Waals surface area contributed by atoms with Crippen LogP contribution in [0.2, 0.25) is 0 Å². The Morgan fingerprint density at radius 3 is 2.93 bits per heavy atom. The third-order valence-corrected chi connectivity index (χ3v) is 2.02. The standard InChI is InChI=1S/C9H7FN2O2/c1-5-2-3-6(10)8-11-4-7(9(13)14)12(5)8/h2-4H,1H3,(H,13,14). The van der Waals surface area contributed by atoms with Gasteiger partial charge in [-0.2, -0.15) is 0 Å². The molecule has 0 aliphatic carbocycles. The Morgan fingerprint density at radius 1 is 1.57 bits per heavy atom. The van der Waals surface area contributed by atoms with E-state index in [9.17, 15) is 9.18 Å². The van der Waals surface area contributed by atoms with Crippen LogP contribution in [0.4, 0.5) is 4.39 Å². The Hall–Kier alpha value is -1.91. The highest BCUT2D eigenvalue weighted by molar-refractivity contribution is 5.86. The van der Waals surface area contributed by atoms with Crippen LogP contribution in [-0.2, 0) is 0 Å². The summed E-state index contributed by atoms with van der Waals surface area (Å²) in [6, 6.07) is 2.78. The van der Waals surface area contributed by atoms with Gasteiger partial charge in [-0.15, -0.1) is 0 Å². The number of carbonyl (C=O) groups is 1.